The minimum Gasteiger partial charge on any atom is -0.352 e. The summed E-state index contributed by atoms with van der Waals surface area (Å²) < 4.78 is 0. The van der Waals surface area contributed by atoms with Crippen LogP contribution >= 0.6 is 0 Å². The lowest BCUT2D eigenvalue weighted by Crippen LogP contribution is -2.27. The third-order valence-electron chi connectivity index (χ3n) is 3.20. The van der Waals surface area contributed by atoms with Crippen molar-refractivity contribution in [3.8, 4) is 0 Å². The monoisotopic (exact) mass is 285 g/mol. The molecule has 2 N–H and O–H groups in total. The molecule has 0 amide bonds. The molecular weight excluding hydrogens is 262 g/mol. The molecule has 21 heavy (non-hydrogen) atoms. The van der Waals surface area contributed by atoms with E-state index in [1.807, 2.05) is 31.1 Å². The molecule has 0 spiro atoms. The molecule has 0 unspecified atom stereocenters. The van der Waals surface area contributed by atoms with Crippen LogP contribution in [0.5, 0.6) is 0 Å². The molecular formula is C16H23N5. The summed E-state index contributed by atoms with van der Waals surface area (Å²) in [5, 5.41) is 0. The van der Waals surface area contributed by atoms with Crippen LogP contribution in [0.1, 0.15) is 12.0 Å². The van der Waals surface area contributed by atoms with E-state index in [4.69, 9.17) is 5.73 Å². The molecule has 0 radical (unpaired) electrons. The summed E-state index contributed by atoms with van der Waals surface area (Å²) in [6.45, 7) is 2.39. The van der Waals surface area contributed by atoms with E-state index in [0.29, 0.717) is 6.54 Å². The molecule has 0 bridgehead atoms. The first kappa shape index (κ1) is 15.3. The molecule has 112 valence electrons. The van der Waals surface area contributed by atoms with Crippen molar-refractivity contribution in [2.75, 3.05) is 37.0 Å². The smallest absolute Gasteiger partial charge is 0.226 e. The van der Waals surface area contributed by atoms with E-state index in [1.54, 1.807) is 6.20 Å². The predicted octanol–water partition coefficient (Wildman–Crippen LogP) is 1.90. The standard InChI is InChI=1S/C16H23N5/c1-20(2)16-18-11-9-15(19-16)21(12-6-10-17)13-14-7-4-3-5-8-14/h3-5,7-9,11H,6,10,12-13,17H2,1-2H3. The van der Waals surface area contributed by atoms with Gasteiger partial charge in [-0.1, -0.05) is 30.3 Å². The van der Waals surface area contributed by atoms with Gasteiger partial charge in [0.05, 0.1) is 0 Å². The summed E-state index contributed by atoms with van der Waals surface area (Å²) in [5.41, 5.74) is 6.92. The Morgan fingerprint density at radius 2 is 1.86 bits per heavy atom. The van der Waals surface area contributed by atoms with Crippen LogP contribution in [0.2, 0.25) is 0 Å². The van der Waals surface area contributed by atoms with Crippen molar-refractivity contribution in [2.24, 2.45) is 5.73 Å². The van der Waals surface area contributed by atoms with Gasteiger partial charge in [-0.15, -0.1) is 0 Å². The Bertz CT molecular complexity index is 541. The van der Waals surface area contributed by atoms with E-state index < -0.39 is 0 Å². The van der Waals surface area contributed by atoms with E-state index in [9.17, 15) is 0 Å². The van der Waals surface area contributed by atoms with Gasteiger partial charge in [-0.05, 0) is 24.6 Å². The highest BCUT2D eigenvalue weighted by molar-refractivity contribution is 5.43. The fraction of sp³-hybridized carbons (Fsp3) is 0.375. The van der Waals surface area contributed by atoms with Crippen molar-refractivity contribution in [3.05, 3.63) is 48.2 Å². The van der Waals surface area contributed by atoms with E-state index in [0.717, 1.165) is 31.3 Å². The van der Waals surface area contributed by atoms with Crippen molar-refractivity contribution in [1.29, 1.82) is 0 Å². The Balaban J connectivity index is 2.20. The van der Waals surface area contributed by atoms with Crippen LogP contribution in [0.4, 0.5) is 11.8 Å². The quantitative estimate of drug-likeness (QED) is 0.842. The van der Waals surface area contributed by atoms with Crippen LogP contribution in [0, 0.1) is 0 Å². The van der Waals surface area contributed by atoms with Gasteiger partial charge in [-0.2, -0.15) is 4.98 Å². The molecule has 2 aromatic rings. The van der Waals surface area contributed by atoms with Crippen molar-refractivity contribution in [1.82, 2.24) is 9.97 Å². The first-order chi connectivity index (χ1) is 10.2. The maximum absolute atomic E-state index is 5.66. The molecule has 2 rings (SSSR count). The van der Waals surface area contributed by atoms with Gasteiger partial charge in [0, 0.05) is 33.4 Å². The molecule has 0 fully saturated rings. The van der Waals surface area contributed by atoms with Crippen LogP contribution in [-0.4, -0.2) is 37.2 Å². The lowest BCUT2D eigenvalue weighted by atomic mass is 10.2. The van der Waals surface area contributed by atoms with Crippen LogP contribution in [-0.2, 0) is 6.54 Å². The second-order valence-corrected chi connectivity index (χ2v) is 5.16. The second-order valence-electron chi connectivity index (χ2n) is 5.16. The Hall–Kier alpha value is -2.14. The second kappa shape index (κ2) is 7.59. The molecule has 0 aliphatic rings. The van der Waals surface area contributed by atoms with E-state index in [2.05, 4.69) is 39.1 Å². The van der Waals surface area contributed by atoms with Crippen molar-refractivity contribution in [2.45, 2.75) is 13.0 Å². The molecule has 1 heterocycles. The fourth-order valence-electron chi connectivity index (χ4n) is 2.09. The Morgan fingerprint density at radius 1 is 1.10 bits per heavy atom. The molecule has 1 aromatic carbocycles. The molecule has 5 nitrogen and oxygen atoms in total. The van der Waals surface area contributed by atoms with Gasteiger partial charge >= 0.3 is 0 Å². The number of nitrogens with zero attached hydrogens (tertiary/aromatic N) is 4. The van der Waals surface area contributed by atoms with Crippen molar-refractivity contribution >= 4 is 11.8 Å². The zero-order chi connectivity index (χ0) is 15.1. The number of nitrogens with two attached hydrogens (primary N) is 1. The van der Waals surface area contributed by atoms with Crippen LogP contribution in [0.25, 0.3) is 0 Å². The largest absolute Gasteiger partial charge is 0.352 e. The van der Waals surface area contributed by atoms with Crippen molar-refractivity contribution < 1.29 is 0 Å². The Labute approximate surface area is 126 Å². The Kier molecular flexibility index (Phi) is 5.51. The summed E-state index contributed by atoms with van der Waals surface area (Å²) >= 11 is 0. The SMILES string of the molecule is CN(C)c1nccc(N(CCCN)Cc2ccccc2)n1. The van der Waals surface area contributed by atoms with E-state index in [-0.39, 0.29) is 0 Å². The minimum atomic E-state index is 0.677. The summed E-state index contributed by atoms with van der Waals surface area (Å²) in [5.74, 6) is 1.66. The van der Waals surface area contributed by atoms with Gasteiger partial charge < -0.3 is 15.5 Å². The number of rotatable bonds is 7. The molecule has 0 aliphatic heterocycles. The average molecular weight is 285 g/mol. The van der Waals surface area contributed by atoms with E-state index in [1.165, 1.54) is 5.56 Å². The first-order valence-electron chi connectivity index (χ1n) is 7.20. The first-order valence-corrected chi connectivity index (χ1v) is 7.20. The minimum absolute atomic E-state index is 0.677. The third-order valence-corrected chi connectivity index (χ3v) is 3.20. The summed E-state index contributed by atoms with van der Waals surface area (Å²) in [7, 11) is 3.89. The lowest BCUT2D eigenvalue weighted by molar-refractivity contribution is 0.724. The van der Waals surface area contributed by atoms with E-state index >= 15 is 0 Å². The molecule has 0 atom stereocenters. The van der Waals surface area contributed by atoms with Gasteiger partial charge in [0.25, 0.3) is 0 Å². The van der Waals surface area contributed by atoms with Crippen LogP contribution in [0.3, 0.4) is 0 Å². The zero-order valence-corrected chi connectivity index (χ0v) is 12.7. The highest BCUT2D eigenvalue weighted by Gasteiger charge is 2.10. The van der Waals surface area contributed by atoms with Gasteiger partial charge in [0.2, 0.25) is 5.95 Å². The third kappa shape index (κ3) is 4.43. The summed E-state index contributed by atoms with van der Waals surface area (Å²) in [6, 6.07) is 12.4. The highest BCUT2D eigenvalue weighted by atomic mass is 15.3. The zero-order valence-electron chi connectivity index (χ0n) is 12.7. The number of hydrogen-bond acceptors (Lipinski definition) is 5. The van der Waals surface area contributed by atoms with Gasteiger partial charge in [0.15, 0.2) is 0 Å². The normalized spacial score (nSPS) is 10.4. The number of benzene rings is 1. The molecule has 5 heteroatoms. The maximum atomic E-state index is 5.66. The summed E-state index contributed by atoms with van der Waals surface area (Å²) in [6.07, 6.45) is 2.74. The number of anilines is 2. The lowest BCUT2D eigenvalue weighted by Gasteiger charge is -2.24. The number of aromatic nitrogens is 2. The summed E-state index contributed by atoms with van der Waals surface area (Å²) in [4.78, 5) is 13.1. The average Bonchev–Trinajstić information content (AvgIpc) is 2.52. The molecule has 1 aromatic heterocycles. The maximum Gasteiger partial charge on any atom is 0.226 e. The highest BCUT2D eigenvalue weighted by Crippen LogP contribution is 2.17. The van der Waals surface area contributed by atoms with Crippen molar-refractivity contribution in [3.63, 3.8) is 0 Å². The number of hydrogen-bond donors (Lipinski definition) is 1. The predicted molar refractivity (Wildman–Crippen MR) is 87.5 cm³/mol. The van der Waals surface area contributed by atoms with Gasteiger partial charge in [-0.3, -0.25) is 0 Å². The Morgan fingerprint density at radius 3 is 2.52 bits per heavy atom. The molecule has 0 saturated carbocycles. The molecule has 0 aliphatic carbocycles. The fourth-order valence-corrected chi connectivity index (χ4v) is 2.09. The topological polar surface area (TPSA) is 58.3 Å². The van der Waals surface area contributed by atoms with Gasteiger partial charge in [-0.25, -0.2) is 4.98 Å². The van der Waals surface area contributed by atoms with Crippen LogP contribution < -0.4 is 15.5 Å². The van der Waals surface area contributed by atoms with Crippen LogP contribution in [0.15, 0.2) is 42.6 Å². The van der Waals surface area contributed by atoms with Gasteiger partial charge in [0.1, 0.15) is 5.82 Å². The molecule has 0 saturated heterocycles.